The molecule has 0 saturated heterocycles. The smallest absolute Gasteiger partial charge is 0.169 e. The lowest BCUT2D eigenvalue weighted by Crippen LogP contribution is -2.33. The lowest BCUT2D eigenvalue weighted by Gasteiger charge is -2.25. The molecule has 0 spiro atoms. The molecule has 19 heavy (non-hydrogen) atoms. The van der Waals surface area contributed by atoms with Crippen LogP contribution in [0.25, 0.3) is 0 Å². The number of ketones is 1. The van der Waals surface area contributed by atoms with E-state index in [2.05, 4.69) is 20.8 Å². The van der Waals surface area contributed by atoms with Gasteiger partial charge in [0, 0.05) is 23.1 Å². The highest BCUT2D eigenvalue weighted by molar-refractivity contribution is 6.00. The summed E-state index contributed by atoms with van der Waals surface area (Å²) in [7, 11) is 1.65. The minimum Gasteiger partial charge on any atom is -0.496 e. The fourth-order valence-corrected chi connectivity index (χ4v) is 1.92. The first kappa shape index (κ1) is 15.7. The van der Waals surface area contributed by atoms with E-state index >= 15 is 0 Å². The van der Waals surface area contributed by atoms with E-state index in [0.29, 0.717) is 12.1 Å². The van der Waals surface area contributed by atoms with E-state index < -0.39 is 5.41 Å². The Hall–Kier alpha value is -1.35. The molecule has 0 aliphatic heterocycles. The fraction of sp³-hybridized carbons (Fsp3) is 0.562. The van der Waals surface area contributed by atoms with E-state index in [1.54, 1.807) is 7.11 Å². The monoisotopic (exact) mass is 263 g/mol. The van der Waals surface area contributed by atoms with Gasteiger partial charge in [0.05, 0.1) is 7.11 Å². The van der Waals surface area contributed by atoms with Crippen molar-refractivity contribution in [3.8, 4) is 5.75 Å². The molecule has 1 rings (SSSR count). The maximum absolute atomic E-state index is 12.5. The van der Waals surface area contributed by atoms with Gasteiger partial charge in [-0.05, 0) is 23.6 Å². The summed E-state index contributed by atoms with van der Waals surface area (Å²) in [4.78, 5) is 12.5. The second-order valence-electron chi connectivity index (χ2n) is 6.58. The van der Waals surface area contributed by atoms with Gasteiger partial charge in [-0.3, -0.25) is 4.79 Å². The quantitative estimate of drug-likeness (QED) is 0.849. The zero-order valence-corrected chi connectivity index (χ0v) is 12.8. The highest BCUT2D eigenvalue weighted by atomic mass is 16.5. The summed E-state index contributed by atoms with van der Waals surface area (Å²) in [6.45, 7) is 10.4. The van der Waals surface area contributed by atoms with Crippen molar-refractivity contribution in [2.75, 3.05) is 13.7 Å². The van der Waals surface area contributed by atoms with Crippen molar-refractivity contribution in [2.24, 2.45) is 11.1 Å². The predicted octanol–water partition coefficient (Wildman–Crippen LogP) is 3.16. The molecule has 0 aliphatic carbocycles. The van der Waals surface area contributed by atoms with E-state index in [4.69, 9.17) is 10.5 Å². The minimum absolute atomic E-state index is 0.0724. The van der Waals surface area contributed by atoms with Gasteiger partial charge < -0.3 is 10.5 Å². The van der Waals surface area contributed by atoms with Crippen molar-refractivity contribution >= 4 is 5.78 Å². The molecule has 0 bridgehead atoms. The summed E-state index contributed by atoms with van der Waals surface area (Å²) in [5, 5.41) is 0. The van der Waals surface area contributed by atoms with Crippen LogP contribution in [-0.4, -0.2) is 19.4 Å². The van der Waals surface area contributed by atoms with E-state index in [0.717, 1.165) is 11.3 Å². The Labute approximate surface area is 116 Å². The third-order valence-electron chi connectivity index (χ3n) is 3.39. The Balaban J connectivity index is 3.31. The van der Waals surface area contributed by atoms with Crippen LogP contribution < -0.4 is 10.5 Å². The Bertz CT molecular complexity index is 470. The molecule has 0 unspecified atom stereocenters. The predicted molar refractivity (Wildman–Crippen MR) is 78.9 cm³/mol. The molecular weight excluding hydrogens is 238 g/mol. The highest BCUT2D eigenvalue weighted by Gasteiger charge is 2.28. The molecule has 3 nitrogen and oxygen atoms in total. The summed E-state index contributed by atoms with van der Waals surface area (Å²) >= 11 is 0. The van der Waals surface area contributed by atoms with Gasteiger partial charge >= 0.3 is 0 Å². The number of hydrogen-bond acceptors (Lipinski definition) is 3. The second kappa shape index (κ2) is 5.33. The van der Waals surface area contributed by atoms with Crippen LogP contribution in [0.3, 0.4) is 0 Å². The van der Waals surface area contributed by atoms with Crippen LogP contribution in [-0.2, 0) is 5.41 Å². The van der Waals surface area contributed by atoms with Crippen LogP contribution >= 0.6 is 0 Å². The number of ether oxygens (including phenoxy) is 1. The molecule has 0 aromatic heterocycles. The molecule has 2 N–H and O–H groups in total. The van der Waals surface area contributed by atoms with Gasteiger partial charge in [0.1, 0.15) is 5.75 Å². The molecule has 0 saturated carbocycles. The van der Waals surface area contributed by atoms with E-state index in [1.807, 2.05) is 32.0 Å². The third-order valence-corrected chi connectivity index (χ3v) is 3.39. The summed E-state index contributed by atoms with van der Waals surface area (Å²) in [5.74, 6) is 0.887. The van der Waals surface area contributed by atoms with Gasteiger partial charge in [0.15, 0.2) is 5.78 Å². The molecule has 0 amide bonds. The molecule has 106 valence electrons. The Kier molecular flexibility index (Phi) is 4.41. The highest BCUT2D eigenvalue weighted by Crippen LogP contribution is 2.33. The van der Waals surface area contributed by atoms with Gasteiger partial charge in [0.2, 0.25) is 0 Å². The van der Waals surface area contributed by atoms with Crippen molar-refractivity contribution < 1.29 is 9.53 Å². The number of hydrogen-bond donors (Lipinski definition) is 1. The molecule has 1 aromatic carbocycles. The molecule has 3 heteroatoms. The number of nitrogens with two attached hydrogens (primary N) is 1. The molecular formula is C16H25NO2. The number of Topliss-reactive ketones (excluding diaryl/α,β-unsaturated/α-hetero) is 1. The Morgan fingerprint density at radius 3 is 2.21 bits per heavy atom. The standard InChI is InChI=1S/C16H25NO2/c1-15(2,3)12-9-11(7-8-13(12)19-6)14(18)16(4,5)10-17/h7-9H,10,17H2,1-6H3. The van der Waals surface area contributed by atoms with Crippen molar-refractivity contribution in [3.05, 3.63) is 29.3 Å². The van der Waals surface area contributed by atoms with Gasteiger partial charge in [-0.15, -0.1) is 0 Å². The topological polar surface area (TPSA) is 52.3 Å². The van der Waals surface area contributed by atoms with Gasteiger partial charge in [-0.1, -0.05) is 34.6 Å². The molecule has 0 heterocycles. The second-order valence-corrected chi connectivity index (χ2v) is 6.58. The van der Waals surface area contributed by atoms with Crippen LogP contribution in [0.5, 0.6) is 5.75 Å². The van der Waals surface area contributed by atoms with Crippen LogP contribution in [0.1, 0.15) is 50.5 Å². The minimum atomic E-state index is -0.538. The number of rotatable bonds is 4. The summed E-state index contributed by atoms with van der Waals surface area (Å²) < 4.78 is 5.38. The van der Waals surface area contributed by atoms with Crippen molar-refractivity contribution in [1.82, 2.24) is 0 Å². The maximum atomic E-state index is 12.5. The molecule has 0 fully saturated rings. The average Bonchev–Trinajstić information content (AvgIpc) is 2.36. The first-order chi connectivity index (χ1) is 8.63. The number of carbonyl (C=O) groups is 1. The van der Waals surface area contributed by atoms with Crippen LogP contribution in [0.2, 0.25) is 0 Å². The maximum Gasteiger partial charge on any atom is 0.169 e. The summed E-state index contributed by atoms with van der Waals surface area (Å²) in [5.41, 5.74) is 6.80. The van der Waals surface area contributed by atoms with Crippen molar-refractivity contribution in [3.63, 3.8) is 0 Å². The van der Waals surface area contributed by atoms with Crippen molar-refractivity contribution in [2.45, 2.75) is 40.0 Å². The van der Waals surface area contributed by atoms with E-state index in [9.17, 15) is 4.79 Å². The SMILES string of the molecule is COc1ccc(C(=O)C(C)(C)CN)cc1C(C)(C)C. The summed E-state index contributed by atoms with van der Waals surface area (Å²) in [6.07, 6.45) is 0. The molecule has 0 aliphatic rings. The lowest BCUT2D eigenvalue weighted by molar-refractivity contribution is 0.0847. The molecule has 0 radical (unpaired) electrons. The van der Waals surface area contributed by atoms with Crippen LogP contribution in [0.4, 0.5) is 0 Å². The zero-order valence-electron chi connectivity index (χ0n) is 12.8. The van der Waals surface area contributed by atoms with Crippen LogP contribution in [0.15, 0.2) is 18.2 Å². The van der Waals surface area contributed by atoms with Gasteiger partial charge in [-0.2, -0.15) is 0 Å². The Morgan fingerprint density at radius 1 is 1.21 bits per heavy atom. The van der Waals surface area contributed by atoms with E-state index in [-0.39, 0.29) is 11.2 Å². The van der Waals surface area contributed by atoms with Crippen molar-refractivity contribution in [1.29, 1.82) is 0 Å². The fourth-order valence-electron chi connectivity index (χ4n) is 1.92. The lowest BCUT2D eigenvalue weighted by atomic mass is 9.80. The zero-order chi connectivity index (χ0) is 14.8. The van der Waals surface area contributed by atoms with E-state index in [1.165, 1.54) is 0 Å². The largest absolute Gasteiger partial charge is 0.496 e. The van der Waals surface area contributed by atoms with Gasteiger partial charge in [-0.25, -0.2) is 0 Å². The average molecular weight is 263 g/mol. The first-order valence-electron chi connectivity index (χ1n) is 6.57. The normalized spacial score (nSPS) is 12.4. The number of methoxy groups -OCH3 is 1. The summed E-state index contributed by atoms with van der Waals surface area (Å²) in [6, 6.07) is 5.60. The Morgan fingerprint density at radius 2 is 1.79 bits per heavy atom. The first-order valence-corrected chi connectivity index (χ1v) is 6.57. The molecule has 1 aromatic rings. The van der Waals surface area contributed by atoms with Gasteiger partial charge in [0.25, 0.3) is 0 Å². The number of carbonyl (C=O) groups excluding carboxylic acids is 1. The number of benzene rings is 1. The van der Waals surface area contributed by atoms with Crippen LogP contribution in [0, 0.1) is 5.41 Å². The molecule has 0 atom stereocenters. The third kappa shape index (κ3) is 3.35.